The summed E-state index contributed by atoms with van der Waals surface area (Å²) in [6.45, 7) is 4.24. The van der Waals surface area contributed by atoms with Crippen LogP contribution in [0.3, 0.4) is 0 Å². The van der Waals surface area contributed by atoms with Crippen LogP contribution in [0.2, 0.25) is 0 Å². The van der Waals surface area contributed by atoms with Gasteiger partial charge in [-0.2, -0.15) is 5.10 Å². The molecule has 21 heavy (non-hydrogen) atoms. The standard InChI is InChI=1S/C17H24N4/c1-3-7-15-16(18)17(20(2)19-15)21-11-10-14(12-21)13-8-5-4-6-9-13/h4-6,8-9,14H,3,7,10-12,18H2,1-2H3. The van der Waals surface area contributed by atoms with Crippen molar-refractivity contribution in [1.29, 1.82) is 0 Å². The van der Waals surface area contributed by atoms with E-state index in [1.165, 1.54) is 12.0 Å². The van der Waals surface area contributed by atoms with Gasteiger partial charge in [-0.25, -0.2) is 0 Å². The van der Waals surface area contributed by atoms with Gasteiger partial charge >= 0.3 is 0 Å². The van der Waals surface area contributed by atoms with Crippen LogP contribution in [-0.4, -0.2) is 22.9 Å². The van der Waals surface area contributed by atoms with Gasteiger partial charge in [0.15, 0.2) is 0 Å². The Bertz CT molecular complexity index is 603. The summed E-state index contributed by atoms with van der Waals surface area (Å²) < 4.78 is 1.95. The number of nitrogens with zero attached hydrogens (tertiary/aromatic N) is 3. The second-order valence-electron chi connectivity index (χ2n) is 5.90. The Hall–Kier alpha value is -1.97. The minimum atomic E-state index is 0.593. The molecule has 1 fully saturated rings. The van der Waals surface area contributed by atoms with E-state index in [0.717, 1.165) is 43.1 Å². The summed E-state index contributed by atoms with van der Waals surface area (Å²) >= 11 is 0. The highest BCUT2D eigenvalue weighted by Crippen LogP contribution is 2.34. The predicted octanol–water partition coefficient (Wildman–Crippen LogP) is 2.95. The van der Waals surface area contributed by atoms with Crippen molar-refractivity contribution in [2.45, 2.75) is 32.1 Å². The lowest BCUT2D eigenvalue weighted by Gasteiger charge is -2.19. The van der Waals surface area contributed by atoms with E-state index in [9.17, 15) is 0 Å². The molecule has 1 atom stereocenters. The maximum Gasteiger partial charge on any atom is 0.150 e. The molecule has 1 unspecified atom stereocenters. The number of benzene rings is 1. The van der Waals surface area contributed by atoms with Crippen LogP contribution in [-0.2, 0) is 13.5 Å². The first-order valence-corrected chi connectivity index (χ1v) is 7.82. The Morgan fingerprint density at radius 2 is 2.05 bits per heavy atom. The third-order valence-corrected chi connectivity index (χ3v) is 4.37. The van der Waals surface area contributed by atoms with E-state index in [4.69, 9.17) is 5.73 Å². The summed E-state index contributed by atoms with van der Waals surface area (Å²) in [6.07, 6.45) is 3.21. The monoisotopic (exact) mass is 284 g/mol. The molecular formula is C17H24N4. The number of hydrogen-bond acceptors (Lipinski definition) is 3. The van der Waals surface area contributed by atoms with Gasteiger partial charge in [0.25, 0.3) is 0 Å². The van der Waals surface area contributed by atoms with E-state index in [1.54, 1.807) is 0 Å². The van der Waals surface area contributed by atoms with Crippen LogP contribution in [0.4, 0.5) is 11.5 Å². The van der Waals surface area contributed by atoms with Gasteiger partial charge < -0.3 is 10.6 Å². The molecular weight excluding hydrogens is 260 g/mol. The number of anilines is 2. The number of aromatic nitrogens is 2. The topological polar surface area (TPSA) is 47.1 Å². The van der Waals surface area contributed by atoms with E-state index >= 15 is 0 Å². The molecule has 2 N–H and O–H groups in total. The zero-order chi connectivity index (χ0) is 14.8. The molecule has 1 aromatic carbocycles. The smallest absolute Gasteiger partial charge is 0.150 e. The molecule has 1 aliphatic heterocycles. The van der Waals surface area contributed by atoms with E-state index in [-0.39, 0.29) is 0 Å². The summed E-state index contributed by atoms with van der Waals surface area (Å²) in [6, 6.07) is 10.8. The Morgan fingerprint density at radius 3 is 2.76 bits per heavy atom. The van der Waals surface area contributed by atoms with Gasteiger partial charge in [-0.05, 0) is 18.4 Å². The maximum atomic E-state index is 6.33. The number of aryl methyl sites for hydroxylation is 2. The Labute approximate surface area is 126 Å². The molecule has 0 amide bonds. The average Bonchev–Trinajstić information content (AvgIpc) is 3.06. The minimum Gasteiger partial charge on any atom is -0.394 e. The van der Waals surface area contributed by atoms with Crippen molar-refractivity contribution >= 4 is 11.5 Å². The normalized spacial score (nSPS) is 18.4. The number of nitrogen functional groups attached to an aromatic ring is 1. The van der Waals surface area contributed by atoms with Crippen LogP contribution < -0.4 is 10.6 Å². The predicted molar refractivity (Wildman–Crippen MR) is 87.6 cm³/mol. The van der Waals surface area contributed by atoms with Gasteiger partial charge in [0.2, 0.25) is 0 Å². The van der Waals surface area contributed by atoms with Crippen molar-refractivity contribution in [1.82, 2.24) is 9.78 Å². The molecule has 4 heteroatoms. The fourth-order valence-electron chi connectivity index (χ4n) is 3.33. The molecule has 4 nitrogen and oxygen atoms in total. The van der Waals surface area contributed by atoms with Crippen LogP contribution in [0.5, 0.6) is 0 Å². The van der Waals surface area contributed by atoms with Crippen LogP contribution in [0.25, 0.3) is 0 Å². The highest BCUT2D eigenvalue weighted by molar-refractivity contribution is 5.67. The molecule has 1 saturated heterocycles. The highest BCUT2D eigenvalue weighted by Gasteiger charge is 2.28. The summed E-state index contributed by atoms with van der Waals surface area (Å²) in [5.41, 5.74) is 9.66. The van der Waals surface area contributed by atoms with E-state index in [0.29, 0.717) is 5.92 Å². The fourth-order valence-corrected chi connectivity index (χ4v) is 3.33. The fraction of sp³-hybridized carbons (Fsp3) is 0.471. The van der Waals surface area contributed by atoms with Gasteiger partial charge in [0.05, 0.1) is 11.4 Å². The van der Waals surface area contributed by atoms with E-state index in [1.807, 2.05) is 11.7 Å². The molecule has 0 saturated carbocycles. The van der Waals surface area contributed by atoms with Gasteiger partial charge in [-0.15, -0.1) is 0 Å². The van der Waals surface area contributed by atoms with E-state index in [2.05, 4.69) is 47.3 Å². The first-order chi connectivity index (χ1) is 10.2. The molecule has 2 heterocycles. The van der Waals surface area contributed by atoms with Crippen molar-refractivity contribution in [3.8, 4) is 0 Å². The number of hydrogen-bond donors (Lipinski definition) is 1. The van der Waals surface area contributed by atoms with Crippen molar-refractivity contribution < 1.29 is 0 Å². The Kier molecular flexibility index (Phi) is 3.86. The van der Waals surface area contributed by atoms with E-state index < -0.39 is 0 Å². The van der Waals surface area contributed by atoms with Crippen LogP contribution >= 0.6 is 0 Å². The lowest BCUT2D eigenvalue weighted by molar-refractivity contribution is 0.712. The first kappa shape index (κ1) is 14.0. The van der Waals surface area contributed by atoms with Crippen LogP contribution in [0.1, 0.15) is 36.9 Å². The highest BCUT2D eigenvalue weighted by atomic mass is 15.4. The van der Waals surface area contributed by atoms with Crippen LogP contribution in [0.15, 0.2) is 30.3 Å². The largest absolute Gasteiger partial charge is 0.394 e. The van der Waals surface area contributed by atoms with Gasteiger partial charge in [-0.3, -0.25) is 4.68 Å². The number of rotatable bonds is 4. The summed E-state index contributed by atoms with van der Waals surface area (Å²) in [5, 5.41) is 4.59. The average molecular weight is 284 g/mol. The third-order valence-electron chi connectivity index (χ3n) is 4.37. The third kappa shape index (κ3) is 2.62. The second kappa shape index (κ2) is 5.80. The molecule has 1 aliphatic rings. The second-order valence-corrected chi connectivity index (χ2v) is 5.90. The summed E-state index contributed by atoms with van der Waals surface area (Å²) in [4.78, 5) is 2.39. The molecule has 1 aromatic heterocycles. The van der Waals surface area contributed by atoms with Gasteiger partial charge in [0.1, 0.15) is 5.82 Å². The molecule has 3 rings (SSSR count). The zero-order valence-electron chi connectivity index (χ0n) is 12.9. The minimum absolute atomic E-state index is 0.593. The Balaban J connectivity index is 1.80. The SMILES string of the molecule is CCCc1nn(C)c(N2CCC(c3ccccc3)C2)c1N. The van der Waals surface area contributed by atoms with Crippen molar-refractivity contribution in [2.75, 3.05) is 23.7 Å². The molecule has 0 aliphatic carbocycles. The van der Waals surface area contributed by atoms with Crippen molar-refractivity contribution in [2.24, 2.45) is 7.05 Å². The molecule has 0 radical (unpaired) electrons. The zero-order valence-corrected chi connectivity index (χ0v) is 12.9. The van der Waals surface area contributed by atoms with Crippen molar-refractivity contribution in [3.05, 3.63) is 41.6 Å². The first-order valence-electron chi connectivity index (χ1n) is 7.82. The van der Waals surface area contributed by atoms with Crippen molar-refractivity contribution in [3.63, 3.8) is 0 Å². The maximum absolute atomic E-state index is 6.33. The lowest BCUT2D eigenvalue weighted by Crippen LogP contribution is -2.23. The Morgan fingerprint density at radius 1 is 1.29 bits per heavy atom. The molecule has 0 bridgehead atoms. The van der Waals surface area contributed by atoms with Crippen LogP contribution in [0, 0.1) is 0 Å². The quantitative estimate of drug-likeness (QED) is 0.939. The molecule has 0 spiro atoms. The van der Waals surface area contributed by atoms with Gasteiger partial charge in [-0.1, -0.05) is 43.7 Å². The summed E-state index contributed by atoms with van der Waals surface area (Å²) in [7, 11) is 2.00. The molecule has 112 valence electrons. The molecule has 2 aromatic rings. The summed E-state index contributed by atoms with van der Waals surface area (Å²) in [5.74, 6) is 1.69. The lowest BCUT2D eigenvalue weighted by atomic mass is 9.99. The van der Waals surface area contributed by atoms with Gasteiger partial charge in [0, 0.05) is 26.1 Å². The number of nitrogens with two attached hydrogens (primary N) is 1.